The summed E-state index contributed by atoms with van der Waals surface area (Å²) in [4.78, 5) is 8.39. The quantitative estimate of drug-likeness (QED) is 0.671. The third-order valence-corrected chi connectivity index (χ3v) is 3.82. The second-order valence-corrected chi connectivity index (χ2v) is 5.44. The molecular formula is C12H6BrFN2S. The Hall–Kier alpha value is -1.33. The Bertz CT molecular complexity index is 696. The molecule has 0 N–H and O–H groups in total. The van der Waals surface area contributed by atoms with Crippen LogP contribution in [0.2, 0.25) is 0 Å². The largest absolute Gasteiger partial charge is 0.263 e. The molecule has 0 unspecified atom stereocenters. The third kappa shape index (κ3) is 1.96. The number of benzene rings is 1. The van der Waals surface area contributed by atoms with Gasteiger partial charge in [-0.15, -0.1) is 11.3 Å². The molecule has 0 aliphatic rings. The van der Waals surface area contributed by atoms with Crippen molar-refractivity contribution < 1.29 is 4.39 Å². The van der Waals surface area contributed by atoms with Crippen molar-refractivity contribution >= 4 is 37.5 Å². The summed E-state index contributed by atoms with van der Waals surface area (Å²) in [5, 5.41) is 0.777. The van der Waals surface area contributed by atoms with Gasteiger partial charge in [0.2, 0.25) is 0 Å². The van der Waals surface area contributed by atoms with Crippen molar-refractivity contribution in [1.82, 2.24) is 9.97 Å². The number of hydrogen-bond donors (Lipinski definition) is 0. The lowest BCUT2D eigenvalue weighted by atomic mass is 10.3. The van der Waals surface area contributed by atoms with Gasteiger partial charge in [-0.25, -0.2) is 9.37 Å². The molecule has 3 rings (SSSR count). The van der Waals surface area contributed by atoms with Crippen LogP contribution in [0.4, 0.5) is 4.39 Å². The van der Waals surface area contributed by atoms with E-state index in [1.807, 2.05) is 12.1 Å². The SMILES string of the molecule is Fc1cccc2sc(-c3cncc(Br)c3)nc12. The highest BCUT2D eigenvalue weighted by Crippen LogP contribution is 2.31. The van der Waals surface area contributed by atoms with Gasteiger partial charge in [0.15, 0.2) is 0 Å². The number of thiazole rings is 1. The molecule has 0 radical (unpaired) electrons. The zero-order chi connectivity index (χ0) is 11.8. The maximum Gasteiger partial charge on any atom is 0.150 e. The number of hydrogen-bond acceptors (Lipinski definition) is 3. The molecule has 0 saturated heterocycles. The van der Waals surface area contributed by atoms with Crippen LogP contribution < -0.4 is 0 Å². The van der Waals surface area contributed by atoms with Crippen molar-refractivity contribution in [2.75, 3.05) is 0 Å². The monoisotopic (exact) mass is 308 g/mol. The van der Waals surface area contributed by atoms with Gasteiger partial charge in [0.25, 0.3) is 0 Å². The molecule has 2 nitrogen and oxygen atoms in total. The first-order valence-electron chi connectivity index (χ1n) is 4.90. The molecule has 0 spiro atoms. The summed E-state index contributed by atoms with van der Waals surface area (Å²) in [6, 6.07) is 6.90. The van der Waals surface area contributed by atoms with Crippen LogP contribution in [0.3, 0.4) is 0 Å². The van der Waals surface area contributed by atoms with Crippen molar-refractivity contribution in [3.8, 4) is 10.6 Å². The van der Waals surface area contributed by atoms with Gasteiger partial charge in [0.05, 0.1) is 4.70 Å². The second-order valence-electron chi connectivity index (χ2n) is 3.50. The molecule has 0 amide bonds. The minimum Gasteiger partial charge on any atom is -0.263 e. The van der Waals surface area contributed by atoms with E-state index in [0.29, 0.717) is 5.52 Å². The van der Waals surface area contributed by atoms with E-state index < -0.39 is 0 Å². The first-order valence-corrected chi connectivity index (χ1v) is 6.51. The summed E-state index contributed by atoms with van der Waals surface area (Å²) in [6.07, 6.45) is 3.43. The zero-order valence-corrected chi connectivity index (χ0v) is 10.9. The molecule has 84 valence electrons. The molecule has 0 fully saturated rings. The lowest BCUT2D eigenvalue weighted by molar-refractivity contribution is 0.637. The highest BCUT2D eigenvalue weighted by atomic mass is 79.9. The van der Waals surface area contributed by atoms with Gasteiger partial charge in [-0.3, -0.25) is 4.98 Å². The maximum atomic E-state index is 13.5. The van der Waals surface area contributed by atoms with Crippen LogP contribution in [0, 0.1) is 5.82 Å². The van der Waals surface area contributed by atoms with Crippen molar-refractivity contribution in [3.63, 3.8) is 0 Å². The summed E-state index contributed by atoms with van der Waals surface area (Å²) in [5.41, 5.74) is 1.31. The number of fused-ring (bicyclic) bond motifs is 1. The summed E-state index contributed by atoms with van der Waals surface area (Å²) in [5.74, 6) is -0.284. The molecule has 2 aromatic heterocycles. The number of aromatic nitrogens is 2. The van der Waals surface area contributed by atoms with E-state index in [2.05, 4.69) is 25.9 Å². The van der Waals surface area contributed by atoms with E-state index in [0.717, 1.165) is 19.7 Å². The Kier molecular flexibility index (Phi) is 2.64. The third-order valence-electron chi connectivity index (χ3n) is 2.32. The average molecular weight is 309 g/mol. The van der Waals surface area contributed by atoms with E-state index in [-0.39, 0.29) is 5.82 Å². The molecule has 3 aromatic rings. The molecule has 2 heterocycles. The van der Waals surface area contributed by atoms with Crippen LogP contribution in [0.25, 0.3) is 20.8 Å². The van der Waals surface area contributed by atoms with Crippen LogP contribution in [0.1, 0.15) is 0 Å². The van der Waals surface area contributed by atoms with Crippen LogP contribution in [-0.2, 0) is 0 Å². The van der Waals surface area contributed by atoms with Gasteiger partial charge in [-0.1, -0.05) is 6.07 Å². The summed E-state index contributed by atoms with van der Waals surface area (Å²) >= 11 is 4.82. The topological polar surface area (TPSA) is 25.8 Å². The van der Waals surface area contributed by atoms with E-state index >= 15 is 0 Å². The predicted octanol–water partition coefficient (Wildman–Crippen LogP) is 4.26. The molecule has 0 bridgehead atoms. The fraction of sp³-hybridized carbons (Fsp3) is 0. The van der Waals surface area contributed by atoms with Gasteiger partial charge in [-0.05, 0) is 34.1 Å². The zero-order valence-electron chi connectivity index (χ0n) is 8.52. The molecule has 5 heteroatoms. The fourth-order valence-corrected chi connectivity index (χ4v) is 2.89. The van der Waals surface area contributed by atoms with E-state index in [1.165, 1.54) is 17.4 Å². The highest BCUT2D eigenvalue weighted by Gasteiger charge is 2.09. The smallest absolute Gasteiger partial charge is 0.150 e. The Labute approximate surface area is 109 Å². The van der Waals surface area contributed by atoms with Crippen LogP contribution >= 0.6 is 27.3 Å². The van der Waals surface area contributed by atoms with Crippen molar-refractivity contribution in [1.29, 1.82) is 0 Å². The van der Waals surface area contributed by atoms with E-state index in [9.17, 15) is 4.39 Å². The van der Waals surface area contributed by atoms with Crippen molar-refractivity contribution in [3.05, 3.63) is 46.9 Å². The maximum absolute atomic E-state index is 13.5. The Morgan fingerprint density at radius 3 is 2.88 bits per heavy atom. The number of rotatable bonds is 1. The standard InChI is InChI=1S/C12H6BrFN2S/c13-8-4-7(5-15-6-8)12-16-11-9(14)2-1-3-10(11)17-12/h1-6H. The first-order chi connectivity index (χ1) is 8.24. The normalized spacial score (nSPS) is 10.9. The van der Waals surface area contributed by atoms with Gasteiger partial charge >= 0.3 is 0 Å². The molecule has 1 aromatic carbocycles. The minimum atomic E-state index is -0.284. The van der Waals surface area contributed by atoms with Gasteiger partial charge in [0.1, 0.15) is 16.3 Å². The molecule has 0 atom stereocenters. The number of pyridine rings is 1. The highest BCUT2D eigenvalue weighted by molar-refractivity contribution is 9.10. The lowest BCUT2D eigenvalue weighted by Crippen LogP contribution is -1.80. The molecule has 0 aliphatic heterocycles. The fourth-order valence-electron chi connectivity index (χ4n) is 1.57. The van der Waals surface area contributed by atoms with Gasteiger partial charge in [-0.2, -0.15) is 0 Å². The van der Waals surface area contributed by atoms with E-state index in [1.54, 1.807) is 18.5 Å². The van der Waals surface area contributed by atoms with Crippen LogP contribution in [0.5, 0.6) is 0 Å². The van der Waals surface area contributed by atoms with Gasteiger partial charge in [0, 0.05) is 22.4 Å². The molecule has 0 aliphatic carbocycles. The predicted molar refractivity (Wildman–Crippen MR) is 70.5 cm³/mol. The summed E-state index contributed by atoms with van der Waals surface area (Å²) < 4.78 is 15.2. The number of halogens is 2. The number of para-hydroxylation sites is 1. The Morgan fingerprint density at radius 1 is 1.24 bits per heavy atom. The molecule has 0 saturated carbocycles. The summed E-state index contributed by atoms with van der Waals surface area (Å²) in [7, 11) is 0. The van der Waals surface area contributed by atoms with Crippen molar-refractivity contribution in [2.24, 2.45) is 0 Å². The number of nitrogens with zero attached hydrogens (tertiary/aromatic N) is 2. The molecular weight excluding hydrogens is 303 g/mol. The average Bonchev–Trinajstić information content (AvgIpc) is 2.74. The Balaban J connectivity index is 2.22. The first kappa shape index (κ1) is 10.8. The van der Waals surface area contributed by atoms with Crippen LogP contribution in [0.15, 0.2) is 41.1 Å². The second kappa shape index (κ2) is 4.16. The van der Waals surface area contributed by atoms with Crippen LogP contribution in [-0.4, -0.2) is 9.97 Å². The van der Waals surface area contributed by atoms with Gasteiger partial charge < -0.3 is 0 Å². The summed E-state index contributed by atoms with van der Waals surface area (Å²) in [6.45, 7) is 0. The van der Waals surface area contributed by atoms with E-state index in [4.69, 9.17) is 0 Å². The molecule has 17 heavy (non-hydrogen) atoms. The minimum absolute atomic E-state index is 0.284. The van der Waals surface area contributed by atoms with Crippen molar-refractivity contribution in [2.45, 2.75) is 0 Å². The lowest BCUT2D eigenvalue weighted by Gasteiger charge is -1.94. The Morgan fingerprint density at radius 2 is 2.12 bits per heavy atom.